The van der Waals surface area contributed by atoms with Crippen LogP contribution in [0, 0.1) is 5.92 Å². The van der Waals surface area contributed by atoms with Crippen molar-refractivity contribution in [3.63, 3.8) is 0 Å². The quantitative estimate of drug-likeness (QED) is 0.397. The van der Waals surface area contributed by atoms with Crippen LogP contribution in [0.3, 0.4) is 0 Å². The number of piperidine rings is 1. The van der Waals surface area contributed by atoms with Gasteiger partial charge in [0.25, 0.3) is 5.91 Å². The van der Waals surface area contributed by atoms with Gasteiger partial charge in [-0.05, 0) is 61.7 Å². The van der Waals surface area contributed by atoms with Gasteiger partial charge in [-0.15, -0.1) is 0 Å². The molecule has 1 fully saturated rings. The van der Waals surface area contributed by atoms with Crippen molar-refractivity contribution in [2.75, 3.05) is 18.4 Å². The predicted molar refractivity (Wildman–Crippen MR) is 129 cm³/mol. The Hall–Kier alpha value is -3.37. The van der Waals surface area contributed by atoms with Crippen LogP contribution in [0.1, 0.15) is 47.5 Å². The maximum atomic E-state index is 13.1. The Bertz CT molecular complexity index is 1190. The van der Waals surface area contributed by atoms with Gasteiger partial charge in [0, 0.05) is 10.9 Å². The number of hydrogen-bond acceptors (Lipinski definition) is 3. The summed E-state index contributed by atoms with van der Waals surface area (Å²) in [7, 11) is 0. The second-order valence-corrected chi connectivity index (χ2v) is 8.69. The van der Waals surface area contributed by atoms with E-state index >= 15 is 0 Å². The lowest BCUT2D eigenvalue weighted by molar-refractivity contribution is 0.102. The lowest BCUT2D eigenvalue weighted by Gasteiger charge is -2.36. The van der Waals surface area contributed by atoms with Crippen LogP contribution in [0.25, 0.3) is 11.0 Å². The minimum Gasteiger partial charge on any atom is -0.457 e. The van der Waals surface area contributed by atoms with Crippen molar-refractivity contribution in [1.82, 2.24) is 4.90 Å². The number of nitrogens with one attached hydrogen (secondary N) is 1. The van der Waals surface area contributed by atoms with Crippen molar-refractivity contribution < 1.29 is 9.21 Å². The Morgan fingerprint density at radius 1 is 0.906 bits per heavy atom. The van der Waals surface area contributed by atoms with Crippen LogP contribution in [0.2, 0.25) is 0 Å². The molecule has 32 heavy (non-hydrogen) atoms. The molecule has 0 radical (unpaired) electrons. The van der Waals surface area contributed by atoms with Gasteiger partial charge in [-0.2, -0.15) is 0 Å². The van der Waals surface area contributed by atoms with E-state index in [1.165, 1.54) is 5.56 Å². The van der Waals surface area contributed by atoms with Gasteiger partial charge in [-0.3, -0.25) is 9.69 Å². The number of anilines is 1. The van der Waals surface area contributed by atoms with E-state index in [0.29, 0.717) is 5.56 Å². The molecule has 1 N–H and O–H groups in total. The molecule has 1 saturated heterocycles. The van der Waals surface area contributed by atoms with Crippen LogP contribution in [-0.2, 0) is 0 Å². The molecule has 162 valence electrons. The summed E-state index contributed by atoms with van der Waals surface area (Å²) in [5.74, 6) is 1.41. The zero-order chi connectivity index (χ0) is 21.9. The van der Waals surface area contributed by atoms with Gasteiger partial charge in [0.1, 0.15) is 11.3 Å². The van der Waals surface area contributed by atoms with E-state index in [2.05, 4.69) is 41.4 Å². The zero-order valence-corrected chi connectivity index (χ0v) is 18.3. The Labute approximate surface area is 188 Å². The molecule has 1 aliphatic heterocycles. The molecule has 4 nitrogen and oxygen atoms in total. The molecular weight excluding hydrogens is 396 g/mol. The predicted octanol–water partition coefficient (Wildman–Crippen LogP) is 6.51. The van der Waals surface area contributed by atoms with Crippen LogP contribution >= 0.6 is 0 Å². The van der Waals surface area contributed by atoms with Gasteiger partial charge < -0.3 is 9.73 Å². The highest BCUT2D eigenvalue weighted by Gasteiger charge is 2.32. The van der Waals surface area contributed by atoms with Crippen LogP contribution < -0.4 is 5.32 Å². The Morgan fingerprint density at radius 3 is 2.25 bits per heavy atom. The molecule has 5 rings (SSSR count). The maximum absolute atomic E-state index is 13.1. The number of benzene rings is 3. The number of carbonyl (C=O) groups is 1. The summed E-state index contributed by atoms with van der Waals surface area (Å²) >= 11 is 0. The molecule has 1 aromatic heterocycles. The molecule has 0 spiro atoms. The highest BCUT2D eigenvalue weighted by Crippen LogP contribution is 2.41. The summed E-state index contributed by atoms with van der Waals surface area (Å²) in [5.41, 5.74) is 3.36. The first-order chi connectivity index (χ1) is 15.7. The van der Waals surface area contributed by atoms with Crippen LogP contribution in [-0.4, -0.2) is 23.9 Å². The van der Waals surface area contributed by atoms with Gasteiger partial charge >= 0.3 is 0 Å². The number of hydrogen-bond donors (Lipinski definition) is 1. The van der Waals surface area contributed by atoms with Gasteiger partial charge in [-0.1, -0.05) is 67.6 Å². The SMILES string of the molecule is CC1CCN([C@@H](c2ccccc2)c2oc3ccccc3c2NC(=O)c2ccccc2)CC1. The van der Waals surface area contributed by atoms with E-state index in [1.807, 2.05) is 60.7 Å². The van der Waals surface area contributed by atoms with Gasteiger partial charge in [0.15, 0.2) is 0 Å². The van der Waals surface area contributed by atoms with Crippen molar-refractivity contribution >= 4 is 22.6 Å². The van der Waals surface area contributed by atoms with Gasteiger partial charge in [0.05, 0.1) is 11.7 Å². The zero-order valence-electron chi connectivity index (χ0n) is 18.3. The molecule has 1 amide bonds. The fourth-order valence-corrected chi connectivity index (χ4v) is 4.61. The van der Waals surface area contributed by atoms with Crippen molar-refractivity contribution in [2.45, 2.75) is 25.8 Å². The monoisotopic (exact) mass is 424 g/mol. The third-order valence-electron chi connectivity index (χ3n) is 6.44. The number of furan rings is 1. The number of likely N-dealkylation sites (tertiary alicyclic amines) is 1. The van der Waals surface area contributed by atoms with E-state index < -0.39 is 0 Å². The Morgan fingerprint density at radius 2 is 1.53 bits per heavy atom. The standard InChI is InChI=1S/C28H28N2O2/c1-20-16-18-30(19-17-20)26(21-10-4-2-5-11-21)27-25(23-14-8-9-15-24(23)32-27)29-28(31)22-12-6-3-7-13-22/h2-15,20,26H,16-19H2,1H3,(H,29,31)/t26-/m0/s1. The lowest BCUT2D eigenvalue weighted by atomic mass is 9.94. The summed E-state index contributed by atoms with van der Waals surface area (Å²) in [5, 5.41) is 4.12. The summed E-state index contributed by atoms with van der Waals surface area (Å²) in [6.45, 7) is 4.33. The molecule has 1 aliphatic rings. The summed E-state index contributed by atoms with van der Waals surface area (Å²) in [6, 6.07) is 27.7. The topological polar surface area (TPSA) is 45.5 Å². The van der Waals surface area contributed by atoms with Crippen molar-refractivity contribution in [2.24, 2.45) is 5.92 Å². The molecule has 4 heteroatoms. The minimum absolute atomic E-state index is 0.0535. The van der Waals surface area contributed by atoms with Crippen LogP contribution in [0.5, 0.6) is 0 Å². The summed E-state index contributed by atoms with van der Waals surface area (Å²) in [6.07, 6.45) is 2.32. The first-order valence-corrected chi connectivity index (χ1v) is 11.4. The number of amides is 1. The number of fused-ring (bicyclic) bond motifs is 1. The molecule has 0 unspecified atom stereocenters. The van der Waals surface area contributed by atoms with Crippen molar-refractivity contribution in [3.05, 3.63) is 102 Å². The Balaban J connectivity index is 1.62. The first-order valence-electron chi connectivity index (χ1n) is 11.4. The van der Waals surface area contributed by atoms with E-state index in [1.54, 1.807) is 0 Å². The average Bonchev–Trinajstić information content (AvgIpc) is 3.19. The normalized spacial score (nSPS) is 16.2. The minimum atomic E-state index is -0.127. The van der Waals surface area contributed by atoms with Crippen LogP contribution in [0.15, 0.2) is 89.3 Å². The maximum Gasteiger partial charge on any atom is 0.255 e. The molecular formula is C28H28N2O2. The smallest absolute Gasteiger partial charge is 0.255 e. The van der Waals surface area contributed by atoms with E-state index in [9.17, 15) is 4.79 Å². The van der Waals surface area contributed by atoms with Crippen molar-refractivity contribution in [3.8, 4) is 0 Å². The third-order valence-corrected chi connectivity index (χ3v) is 6.44. The molecule has 3 aromatic carbocycles. The summed E-state index contributed by atoms with van der Waals surface area (Å²) in [4.78, 5) is 15.6. The Kier molecular flexibility index (Phi) is 5.78. The number of carbonyl (C=O) groups excluding carboxylic acids is 1. The molecule has 0 bridgehead atoms. The highest BCUT2D eigenvalue weighted by molar-refractivity contribution is 6.09. The van der Waals surface area contributed by atoms with Crippen LogP contribution in [0.4, 0.5) is 5.69 Å². The number of nitrogens with zero attached hydrogens (tertiary/aromatic N) is 1. The number of rotatable bonds is 5. The van der Waals surface area contributed by atoms with Crippen molar-refractivity contribution in [1.29, 1.82) is 0 Å². The second kappa shape index (κ2) is 9.01. The fourth-order valence-electron chi connectivity index (χ4n) is 4.61. The largest absolute Gasteiger partial charge is 0.457 e. The van der Waals surface area contributed by atoms with Gasteiger partial charge in [-0.25, -0.2) is 0 Å². The van der Waals surface area contributed by atoms with Gasteiger partial charge in [0.2, 0.25) is 0 Å². The first kappa shape index (κ1) is 20.5. The molecule has 0 aliphatic carbocycles. The summed E-state index contributed by atoms with van der Waals surface area (Å²) < 4.78 is 6.48. The molecule has 1 atom stereocenters. The third kappa shape index (κ3) is 4.06. The fraction of sp³-hybridized carbons (Fsp3) is 0.250. The van der Waals surface area contributed by atoms with E-state index in [0.717, 1.165) is 54.3 Å². The molecule has 2 heterocycles. The average molecular weight is 425 g/mol. The molecule has 4 aromatic rings. The lowest BCUT2D eigenvalue weighted by Crippen LogP contribution is -2.37. The second-order valence-electron chi connectivity index (χ2n) is 8.69. The van der Waals surface area contributed by atoms with E-state index in [4.69, 9.17) is 4.42 Å². The van der Waals surface area contributed by atoms with E-state index in [-0.39, 0.29) is 11.9 Å². The highest BCUT2D eigenvalue weighted by atomic mass is 16.3. The molecule has 0 saturated carbocycles. The number of para-hydroxylation sites is 1.